The summed E-state index contributed by atoms with van der Waals surface area (Å²) in [4.78, 5) is 23.8. The third-order valence-electron chi connectivity index (χ3n) is 4.28. The first-order valence-corrected chi connectivity index (χ1v) is 7.94. The summed E-state index contributed by atoms with van der Waals surface area (Å²) in [7, 11) is 0. The van der Waals surface area contributed by atoms with Crippen LogP contribution in [0, 0.1) is 0 Å². The van der Waals surface area contributed by atoms with E-state index in [2.05, 4.69) is 15.5 Å². The van der Waals surface area contributed by atoms with Gasteiger partial charge >= 0.3 is 5.97 Å². The Morgan fingerprint density at radius 2 is 2.12 bits per heavy atom. The lowest BCUT2D eigenvalue weighted by Crippen LogP contribution is -2.27. The molecule has 8 nitrogen and oxygen atoms in total. The monoisotopic (exact) mass is 357 g/mol. The molecule has 9 heteroatoms. The van der Waals surface area contributed by atoms with Crippen molar-refractivity contribution in [3.63, 3.8) is 0 Å². The summed E-state index contributed by atoms with van der Waals surface area (Å²) in [6, 6.07) is 7.64. The number of fused-ring (bicyclic) bond motifs is 1. The Bertz CT molecular complexity index is 1030. The Morgan fingerprint density at radius 1 is 1.28 bits per heavy atom. The Kier molecular flexibility index (Phi) is 3.61. The fourth-order valence-electron chi connectivity index (χ4n) is 3.20. The number of aryl methyl sites for hydroxylation is 1. The number of hydrogen-bond acceptors (Lipinski definition) is 5. The molecule has 0 fully saturated rings. The lowest BCUT2D eigenvalue weighted by atomic mass is 10.0. The van der Waals surface area contributed by atoms with Gasteiger partial charge in [0.1, 0.15) is 12.4 Å². The first-order valence-electron chi connectivity index (χ1n) is 7.56. The molecule has 3 aromatic rings. The third-order valence-corrected chi connectivity index (χ3v) is 4.52. The normalized spacial score (nSPS) is 16.0. The van der Waals surface area contributed by atoms with Gasteiger partial charge in [0.25, 0.3) is 5.56 Å². The molecule has 1 aromatic carbocycles. The van der Waals surface area contributed by atoms with Crippen molar-refractivity contribution in [2.75, 3.05) is 0 Å². The van der Waals surface area contributed by atoms with Crippen molar-refractivity contribution in [3.8, 4) is 16.8 Å². The van der Waals surface area contributed by atoms with Gasteiger partial charge in [-0.15, -0.1) is 5.10 Å². The number of hydrogen-bond donors (Lipinski definition) is 1. The highest BCUT2D eigenvalue weighted by Crippen LogP contribution is 2.32. The summed E-state index contributed by atoms with van der Waals surface area (Å²) in [6.45, 7) is 0. The average Bonchev–Trinajstić information content (AvgIpc) is 3.24. The van der Waals surface area contributed by atoms with Gasteiger partial charge in [-0.2, -0.15) is 4.68 Å². The molecule has 4 rings (SSSR count). The maximum atomic E-state index is 12.5. The van der Waals surface area contributed by atoms with Crippen LogP contribution >= 0.6 is 11.6 Å². The Labute approximate surface area is 146 Å². The highest BCUT2D eigenvalue weighted by molar-refractivity contribution is 6.31. The molecule has 126 valence electrons. The number of pyridine rings is 1. The van der Waals surface area contributed by atoms with E-state index in [-0.39, 0.29) is 5.56 Å². The van der Waals surface area contributed by atoms with Crippen LogP contribution in [0.25, 0.3) is 16.8 Å². The second-order valence-corrected chi connectivity index (χ2v) is 6.19. The number of carbonyl (C=O) groups is 1. The van der Waals surface area contributed by atoms with Gasteiger partial charge in [-0.1, -0.05) is 11.6 Å². The molecular weight excluding hydrogens is 346 g/mol. The first-order chi connectivity index (χ1) is 12.0. The molecule has 3 heterocycles. The van der Waals surface area contributed by atoms with E-state index in [1.807, 2.05) is 6.07 Å². The van der Waals surface area contributed by atoms with Crippen molar-refractivity contribution in [3.05, 3.63) is 57.7 Å². The Morgan fingerprint density at radius 3 is 2.84 bits per heavy atom. The fraction of sp³-hybridized carbons (Fsp3) is 0.188. The van der Waals surface area contributed by atoms with Crippen molar-refractivity contribution >= 4 is 17.6 Å². The molecule has 0 saturated carbocycles. The molecule has 0 spiro atoms. The maximum Gasteiger partial charge on any atom is 0.326 e. The molecule has 2 aromatic heterocycles. The summed E-state index contributed by atoms with van der Waals surface area (Å²) in [5, 5.41) is 20.9. The average molecular weight is 358 g/mol. The van der Waals surface area contributed by atoms with Crippen LogP contribution in [0.15, 0.2) is 41.5 Å². The van der Waals surface area contributed by atoms with Crippen LogP contribution < -0.4 is 5.56 Å². The van der Waals surface area contributed by atoms with Gasteiger partial charge in [0, 0.05) is 22.3 Å². The van der Waals surface area contributed by atoms with Gasteiger partial charge in [0.05, 0.1) is 5.69 Å². The van der Waals surface area contributed by atoms with Crippen LogP contribution in [0.5, 0.6) is 0 Å². The van der Waals surface area contributed by atoms with E-state index >= 15 is 0 Å². The number of carboxylic acids is 1. The van der Waals surface area contributed by atoms with Crippen LogP contribution in [-0.4, -0.2) is 35.9 Å². The van der Waals surface area contributed by atoms with Gasteiger partial charge in [-0.05, 0) is 53.1 Å². The van der Waals surface area contributed by atoms with E-state index in [9.17, 15) is 14.7 Å². The number of aromatic nitrogens is 5. The maximum absolute atomic E-state index is 12.5. The molecule has 0 radical (unpaired) electrons. The summed E-state index contributed by atoms with van der Waals surface area (Å²) < 4.78 is 2.82. The minimum Gasteiger partial charge on any atom is -0.480 e. The summed E-state index contributed by atoms with van der Waals surface area (Å²) in [6.07, 6.45) is 2.39. The summed E-state index contributed by atoms with van der Waals surface area (Å²) >= 11 is 6.13. The van der Waals surface area contributed by atoms with Crippen LogP contribution in [0.3, 0.4) is 0 Å². The predicted octanol–water partition coefficient (Wildman–Crippen LogP) is 1.72. The second-order valence-electron chi connectivity index (χ2n) is 5.75. The second kappa shape index (κ2) is 5.82. The SMILES string of the molecule is O=C(O)[C@H]1CCc2cc(-c3cc(Cl)ccc3-n3cnnn3)cc(=O)n21. The van der Waals surface area contributed by atoms with Crippen molar-refractivity contribution in [2.24, 2.45) is 0 Å². The number of aliphatic carboxylic acids is 1. The van der Waals surface area contributed by atoms with Gasteiger partial charge in [-0.25, -0.2) is 4.79 Å². The number of benzene rings is 1. The molecule has 0 bridgehead atoms. The minimum atomic E-state index is -0.995. The zero-order valence-electron chi connectivity index (χ0n) is 12.8. The van der Waals surface area contributed by atoms with Gasteiger partial charge < -0.3 is 5.11 Å². The number of tetrazole rings is 1. The molecule has 25 heavy (non-hydrogen) atoms. The third kappa shape index (κ3) is 2.60. The van der Waals surface area contributed by atoms with E-state index < -0.39 is 12.0 Å². The fourth-order valence-corrected chi connectivity index (χ4v) is 3.37. The number of rotatable bonds is 3. The van der Waals surface area contributed by atoms with Crippen LogP contribution in [0.1, 0.15) is 18.2 Å². The molecule has 1 N–H and O–H groups in total. The van der Waals surface area contributed by atoms with Gasteiger partial charge in [0.2, 0.25) is 0 Å². The molecule has 1 aliphatic heterocycles. The zero-order chi connectivity index (χ0) is 17.6. The number of halogens is 1. The van der Waals surface area contributed by atoms with Gasteiger partial charge in [-0.3, -0.25) is 9.36 Å². The lowest BCUT2D eigenvalue weighted by Gasteiger charge is -2.13. The topological polar surface area (TPSA) is 103 Å². The molecule has 0 amide bonds. The van der Waals surface area contributed by atoms with E-state index in [0.29, 0.717) is 40.4 Å². The van der Waals surface area contributed by atoms with Gasteiger partial charge in [0.15, 0.2) is 0 Å². The quantitative estimate of drug-likeness (QED) is 0.765. The van der Waals surface area contributed by atoms with Crippen molar-refractivity contribution in [1.82, 2.24) is 24.8 Å². The van der Waals surface area contributed by atoms with Crippen molar-refractivity contribution < 1.29 is 9.90 Å². The molecular formula is C16H12ClN5O3. The minimum absolute atomic E-state index is 0.347. The first kappa shape index (κ1) is 15.5. The molecule has 1 atom stereocenters. The Balaban J connectivity index is 1.90. The van der Waals surface area contributed by atoms with E-state index in [4.69, 9.17) is 11.6 Å². The van der Waals surface area contributed by atoms with Crippen LogP contribution in [-0.2, 0) is 11.2 Å². The summed E-state index contributed by atoms with van der Waals surface area (Å²) in [5.41, 5.74) is 2.36. The van der Waals surface area contributed by atoms with E-state index in [1.165, 1.54) is 21.6 Å². The van der Waals surface area contributed by atoms with Crippen molar-refractivity contribution in [1.29, 1.82) is 0 Å². The largest absolute Gasteiger partial charge is 0.480 e. The van der Waals surface area contributed by atoms with E-state index in [1.54, 1.807) is 18.2 Å². The molecule has 0 aliphatic carbocycles. The van der Waals surface area contributed by atoms with E-state index in [0.717, 1.165) is 0 Å². The van der Waals surface area contributed by atoms with Crippen LogP contribution in [0.2, 0.25) is 5.02 Å². The zero-order valence-corrected chi connectivity index (χ0v) is 13.6. The Hall–Kier alpha value is -3.00. The smallest absolute Gasteiger partial charge is 0.326 e. The van der Waals surface area contributed by atoms with Crippen molar-refractivity contribution in [2.45, 2.75) is 18.9 Å². The number of nitrogens with zero attached hydrogens (tertiary/aromatic N) is 5. The number of carboxylic acid groups (broad SMARTS) is 1. The highest BCUT2D eigenvalue weighted by atomic mass is 35.5. The molecule has 0 saturated heterocycles. The predicted molar refractivity (Wildman–Crippen MR) is 88.9 cm³/mol. The van der Waals surface area contributed by atoms with Crippen LogP contribution in [0.4, 0.5) is 0 Å². The molecule has 0 unspecified atom stereocenters. The summed E-state index contributed by atoms with van der Waals surface area (Å²) in [5.74, 6) is -0.995. The standard InChI is InChI=1S/C16H12ClN5O3/c17-10-1-3-13(21-8-18-19-20-21)12(7-10)9-5-11-2-4-14(16(24)25)22(11)15(23)6-9/h1,3,5-8,14H,2,4H2,(H,24,25)/t14-/m1/s1. The molecule has 1 aliphatic rings. The lowest BCUT2D eigenvalue weighted by molar-refractivity contribution is -0.140. The highest BCUT2D eigenvalue weighted by Gasteiger charge is 2.29.